The minimum Gasteiger partial charge on any atom is -0.378 e. The molecule has 0 unspecified atom stereocenters. The fourth-order valence-corrected chi connectivity index (χ4v) is 5.05. The predicted molar refractivity (Wildman–Crippen MR) is 110 cm³/mol. The molecule has 7 heteroatoms. The number of hydrogen-bond acceptors (Lipinski definition) is 5. The fraction of sp³-hybridized carbons (Fsp3) is 0.682. The number of aromatic nitrogens is 3. The molecule has 0 aliphatic heterocycles. The standard InChI is InChI=1S/C22H32N4O3/c1-4-5-8-29-18-10-15-6-7-16(11-18)19(15)25-22(27)20-21-24-14(2)9-17(12-28-3)26(21)13-23-20/h9,13,15-16,18-19H,4-8,10-12H2,1-3H3,(H,25,27)/t15-,16+,18+,19+. The number of unbranched alkanes of at least 4 members (excludes halogenated alkanes) is 1. The van der Waals surface area contributed by atoms with Crippen LogP contribution in [0.1, 0.15) is 67.3 Å². The van der Waals surface area contributed by atoms with Gasteiger partial charge in [0.05, 0.1) is 18.4 Å². The van der Waals surface area contributed by atoms with Gasteiger partial charge in [0, 0.05) is 25.5 Å². The predicted octanol–water partition coefficient (Wildman–Crippen LogP) is 3.29. The van der Waals surface area contributed by atoms with E-state index in [0.29, 0.717) is 35.9 Å². The van der Waals surface area contributed by atoms with E-state index in [1.165, 1.54) is 12.8 Å². The maximum Gasteiger partial charge on any atom is 0.274 e. The highest BCUT2D eigenvalue weighted by molar-refractivity contribution is 5.98. The molecule has 0 radical (unpaired) electrons. The third kappa shape index (κ3) is 4.16. The van der Waals surface area contributed by atoms with Gasteiger partial charge in [0.2, 0.25) is 0 Å². The number of hydrogen-bond donors (Lipinski definition) is 1. The summed E-state index contributed by atoms with van der Waals surface area (Å²) in [5.74, 6) is 0.870. The molecule has 2 fully saturated rings. The first-order chi connectivity index (χ1) is 14.1. The van der Waals surface area contributed by atoms with Gasteiger partial charge in [0.15, 0.2) is 11.3 Å². The molecule has 0 aromatic carbocycles. The number of methoxy groups -OCH3 is 1. The van der Waals surface area contributed by atoms with E-state index in [9.17, 15) is 4.79 Å². The van der Waals surface area contributed by atoms with Crippen molar-refractivity contribution in [2.75, 3.05) is 13.7 Å². The summed E-state index contributed by atoms with van der Waals surface area (Å²) in [5, 5.41) is 3.29. The lowest BCUT2D eigenvalue weighted by atomic mass is 9.82. The number of amides is 1. The number of nitrogens with one attached hydrogen (secondary N) is 1. The summed E-state index contributed by atoms with van der Waals surface area (Å²) in [6.07, 6.45) is 8.73. The van der Waals surface area contributed by atoms with Crippen LogP contribution in [-0.2, 0) is 16.1 Å². The highest BCUT2D eigenvalue weighted by Gasteiger charge is 2.44. The van der Waals surface area contributed by atoms with Crippen molar-refractivity contribution >= 4 is 11.6 Å². The molecule has 2 heterocycles. The molecule has 29 heavy (non-hydrogen) atoms. The Morgan fingerprint density at radius 1 is 1.31 bits per heavy atom. The Bertz CT molecular complexity index is 851. The number of rotatable bonds is 8. The summed E-state index contributed by atoms with van der Waals surface area (Å²) >= 11 is 0. The van der Waals surface area contributed by atoms with E-state index in [-0.39, 0.29) is 11.9 Å². The second kappa shape index (κ2) is 8.79. The van der Waals surface area contributed by atoms with Crippen molar-refractivity contribution in [3.63, 3.8) is 0 Å². The highest BCUT2D eigenvalue weighted by atomic mass is 16.5. The van der Waals surface area contributed by atoms with Gasteiger partial charge in [-0.1, -0.05) is 13.3 Å². The van der Waals surface area contributed by atoms with Crippen LogP contribution in [0, 0.1) is 18.8 Å². The van der Waals surface area contributed by atoms with Crippen molar-refractivity contribution in [3.05, 3.63) is 29.5 Å². The third-order valence-electron chi connectivity index (χ3n) is 6.42. The third-order valence-corrected chi connectivity index (χ3v) is 6.42. The van der Waals surface area contributed by atoms with Crippen LogP contribution in [0.15, 0.2) is 12.4 Å². The maximum atomic E-state index is 13.1. The van der Waals surface area contributed by atoms with Crippen molar-refractivity contribution in [1.82, 2.24) is 19.7 Å². The first kappa shape index (κ1) is 20.3. The molecule has 4 atom stereocenters. The van der Waals surface area contributed by atoms with E-state index in [1.54, 1.807) is 13.4 Å². The van der Waals surface area contributed by atoms with Gasteiger partial charge in [-0.05, 0) is 56.9 Å². The number of nitrogens with zero attached hydrogens (tertiary/aromatic N) is 3. The van der Waals surface area contributed by atoms with Crippen molar-refractivity contribution in [2.24, 2.45) is 11.8 Å². The van der Waals surface area contributed by atoms with Gasteiger partial charge >= 0.3 is 0 Å². The Morgan fingerprint density at radius 3 is 2.76 bits per heavy atom. The molecule has 4 rings (SSSR count). The largest absolute Gasteiger partial charge is 0.378 e. The number of carbonyl (C=O) groups is 1. The number of imidazole rings is 1. The van der Waals surface area contributed by atoms with Gasteiger partial charge in [-0.3, -0.25) is 9.20 Å². The zero-order valence-electron chi connectivity index (χ0n) is 17.7. The second-order valence-corrected chi connectivity index (χ2v) is 8.52. The molecular weight excluding hydrogens is 368 g/mol. The van der Waals surface area contributed by atoms with Gasteiger partial charge in [0.1, 0.15) is 6.33 Å². The lowest BCUT2D eigenvalue weighted by Gasteiger charge is -2.35. The highest BCUT2D eigenvalue weighted by Crippen LogP contribution is 2.43. The summed E-state index contributed by atoms with van der Waals surface area (Å²) in [7, 11) is 1.66. The molecule has 2 aliphatic carbocycles. The molecule has 0 spiro atoms. The molecular formula is C22H32N4O3. The quantitative estimate of drug-likeness (QED) is 0.688. The molecule has 2 bridgehead atoms. The Labute approximate surface area is 172 Å². The van der Waals surface area contributed by atoms with E-state index in [1.807, 2.05) is 17.4 Å². The molecule has 0 saturated heterocycles. The van der Waals surface area contributed by atoms with E-state index in [4.69, 9.17) is 9.47 Å². The molecule has 2 aromatic heterocycles. The average Bonchev–Trinajstić information content (AvgIpc) is 3.20. The minimum absolute atomic E-state index is 0.124. The maximum absolute atomic E-state index is 13.1. The van der Waals surface area contributed by atoms with Gasteiger partial charge < -0.3 is 14.8 Å². The molecule has 2 aliphatic rings. The van der Waals surface area contributed by atoms with Crippen LogP contribution in [-0.4, -0.2) is 46.1 Å². The van der Waals surface area contributed by atoms with Crippen LogP contribution in [0.2, 0.25) is 0 Å². The number of aryl methyl sites for hydroxylation is 1. The van der Waals surface area contributed by atoms with Crippen LogP contribution in [0.3, 0.4) is 0 Å². The molecule has 158 valence electrons. The summed E-state index contributed by atoms with van der Waals surface area (Å²) < 4.78 is 13.2. The summed E-state index contributed by atoms with van der Waals surface area (Å²) in [6.45, 7) is 5.41. The van der Waals surface area contributed by atoms with Crippen LogP contribution < -0.4 is 5.32 Å². The summed E-state index contributed by atoms with van der Waals surface area (Å²) in [6, 6.07) is 2.17. The topological polar surface area (TPSA) is 77.8 Å². The van der Waals surface area contributed by atoms with Crippen molar-refractivity contribution in [3.8, 4) is 0 Å². The first-order valence-electron chi connectivity index (χ1n) is 10.9. The number of ether oxygens (including phenoxy) is 2. The number of fused-ring (bicyclic) bond motifs is 3. The zero-order valence-corrected chi connectivity index (χ0v) is 17.7. The Kier molecular flexibility index (Phi) is 6.15. The summed E-state index contributed by atoms with van der Waals surface area (Å²) in [4.78, 5) is 22.0. The van der Waals surface area contributed by atoms with E-state index < -0.39 is 0 Å². The lowest BCUT2D eigenvalue weighted by molar-refractivity contribution is -0.00121. The van der Waals surface area contributed by atoms with E-state index in [2.05, 4.69) is 22.2 Å². The van der Waals surface area contributed by atoms with Gasteiger partial charge in [0.25, 0.3) is 5.91 Å². The monoisotopic (exact) mass is 400 g/mol. The van der Waals surface area contributed by atoms with Crippen molar-refractivity contribution in [1.29, 1.82) is 0 Å². The van der Waals surface area contributed by atoms with Crippen LogP contribution >= 0.6 is 0 Å². The van der Waals surface area contributed by atoms with E-state index in [0.717, 1.165) is 43.7 Å². The molecule has 2 saturated carbocycles. The number of carbonyl (C=O) groups excluding carboxylic acids is 1. The van der Waals surface area contributed by atoms with Gasteiger partial charge in [-0.2, -0.15) is 0 Å². The average molecular weight is 401 g/mol. The second-order valence-electron chi connectivity index (χ2n) is 8.52. The smallest absolute Gasteiger partial charge is 0.274 e. The Balaban J connectivity index is 1.47. The first-order valence-corrected chi connectivity index (χ1v) is 10.9. The van der Waals surface area contributed by atoms with Crippen molar-refractivity contribution in [2.45, 2.75) is 71.1 Å². The van der Waals surface area contributed by atoms with Crippen LogP contribution in [0.25, 0.3) is 5.65 Å². The van der Waals surface area contributed by atoms with Crippen molar-refractivity contribution < 1.29 is 14.3 Å². The van der Waals surface area contributed by atoms with Gasteiger partial charge in [-0.15, -0.1) is 0 Å². The minimum atomic E-state index is -0.124. The molecule has 7 nitrogen and oxygen atoms in total. The SMILES string of the molecule is CCCCO[C@H]1C[C@H]2CC[C@@H](C1)[C@H]2NC(=O)c1ncn2c(COC)cc(C)nc12. The summed E-state index contributed by atoms with van der Waals surface area (Å²) in [5.41, 5.74) is 2.78. The van der Waals surface area contributed by atoms with E-state index >= 15 is 0 Å². The lowest BCUT2D eigenvalue weighted by Crippen LogP contribution is -2.46. The van der Waals surface area contributed by atoms with Gasteiger partial charge in [-0.25, -0.2) is 9.97 Å². The molecule has 1 N–H and O–H groups in total. The Morgan fingerprint density at radius 2 is 2.07 bits per heavy atom. The fourth-order valence-electron chi connectivity index (χ4n) is 5.05. The van der Waals surface area contributed by atoms with Crippen LogP contribution in [0.4, 0.5) is 0 Å². The zero-order chi connectivity index (χ0) is 20.4. The van der Waals surface area contributed by atoms with Crippen LogP contribution in [0.5, 0.6) is 0 Å². The Hall–Kier alpha value is -1.99. The normalized spacial score (nSPS) is 26.2. The molecule has 1 amide bonds. The molecule has 2 aromatic rings.